The summed E-state index contributed by atoms with van der Waals surface area (Å²) in [6.45, 7) is 5.41. The lowest BCUT2D eigenvalue weighted by Crippen LogP contribution is -2.34. The van der Waals surface area contributed by atoms with Crippen LogP contribution in [0.2, 0.25) is 0 Å². The zero-order valence-corrected chi connectivity index (χ0v) is 10.6. The van der Waals surface area contributed by atoms with Gasteiger partial charge in [-0.15, -0.1) is 11.3 Å². The number of carbonyl (C=O) groups is 1. The lowest BCUT2D eigenvalue weighted by Gasteiger charge is -2.23. The third kappa shape index (κ3) is 2.97. The molecule has 86 valence electrons. The van der Waals surface area contributed by atoms with Crippen molar-refractivity contribution in [2.24, 2.45) is 0 Å². The number of amides is 1. The van der Waals surface area contributed by atoms with Crippen LogP contribution in [-0.4, -0.2) is 18.7 Å². The maximum atomic E-state index is 11.7. The molecule has 0 fully saturated rings. The fourth-order valence-electron chi connectivity index (χ4n) is 1.06. The Bertz CT molecular complexity index is 426. The van der Waals surface area contributed by atoms with E-state index in [0.29, 0.717) is 10.6 Å². The van der Waals surface area contributed by atoms with Gasteiger partial charge in [0, 0.05) is 7.05 Å². The Morgan fingerprint density at radius 1 is 1.56 bits per heavy atom. The number of ether oxygens (including phenoxy) is 1. The molecule has 0 saturated heterocycles. The molecule has 1 rings (SSSR count). The fourth-order valence-corrected chi connectivity index (χ4v) is 1.87. The minimum Gasteiger partial charge on any atom is -0.443 e. The predicted molar refractivity (Wildman–Crippen MR) is 63.7 cm³/mol. The summed E-state index contributed by atoms with van der Waals surface area (Å²) < 4.78 is 5.21. The quantitative estimate of drug-likeness (QED) is 0.755. The van der Waals surface area contributed by atoms with Crippen LogP contribution in [0.3, 0.4) is 0 Å². The number of nitriles is 1. The number of hydrogen-bond donors (Lipinski definition) is 0. The van der Waals surface area contributed by atoms with Crippen LogP contribution < -0.4 is 4.90 Å². The van der Waals surface area contributed by atoms with Gasteiger partial charge in [0.25, 0.3) is 0 Å². The third-order valence-electron chi connectivity index (χ3n) is 1.74. The summed E-state index contributed by atoms with van der Waals surface area (Å²) >= 11 is 1.34. The number of hydrogen-bond acceptors (Lipinski definition) is 4. The molecule has 16 heavy (non-hydrogen) atoms. The van der Waals surface area contributed by atoms with Gasteiger partial charge >= 0.3 is 6.09 Å². The molecule has 0 bridgehead atoms. The summed E-state index contributed by atoms with van der Waals surface area (Å²) in [5, 5.41) is 11.2. The average Bonchev–Trinajstić information content (AvgIpc) is 2.61. The van der Waals surface area contributed by atoms with Gasteiger partial charge < -0.3 is 4.74 Å². The molecule has 0 aliphatic heterocycles. The van der Waals surface area contributed by atoms with Crippen LogP contribution in [0.1, 0.15) is 26.3 Å². The third-order valence-corrected chi connectivity index (χ3v) is 2.73. The topological polar surface area (TPSA) is 53.3 Å². The van der Waals surface area contributed by atoms with Crippen molar-refractivity contribution in [1.29, 1.82) is 5.26 Å². The van der Waals surface area contributed by atoms with Crippen molar-refractivity contribution in [2.75, 3.05) is 11.9 Å². The second-order valence-electron chi connectivity index (χ2n) is 4.29. The van der Waals surface area contributed by atoms with Gasteiger partial charge in [0.15, 0.2) is 0 Å². The van der Waals surface area contributed by atoms with Gasteiger partial charge in [-0.25, -0.2) is 4.79 Å². The summed E-state index contributed by atoms with van der Waals surface area (Å²) in [5.41, 5.74) is -0.0477. The Balaban J connectivity index is 2.83. The van der Waals surface area contributed by atoms with Crippen molar-refractivity contribution < 1.29 is 9.53 Å². The highest BCUT2D eigenvalue weighted by Gasteiger charge is 2.22. The van der Waals surface area contributed by atoms with E-state index in [2.05, 4.69) is 0 Å². The van der Waals surface area contributed by atoms with E-state index in [4.69, 9.17) is 10.00 Å². The van der Waals surface area contributed by atoms with Crippen LogP contribution >= 0.6 is 11.3 Å². The van der Waals surface area contributed by atoms with Crippen molar-refractivity contribution in [3.63, 3.8) is 0 Å². The maximum Gasteiger partial charge on any atom is 0.415 e. The second kappa shape index (κ2) is 4.54. The summed E-state index contributed by atoms with van der Waals surface area (Å²) in [5.74, 6) is 0. The summed E-state index contributed by atoms with van der Waals surface area (Å²) in [6, 6.07) is 3.72. The number of rotatable bonds is 1. The Labute approximate surface area is 99.1 Å². The van der Waals surface area contributed by atoms with E-state index in [0.717, 1.165) is 0 Å². The number of thiophene rings is 1. The van der Waals surface area contributed by atoms with Crippen molar-refractivity contribution in [1.82, 2.24) is 0 Å². The van der Waals surface area contributed by atoms with E-state index in [-0.39, 0.29) is 0 Å². The second-order valence-corrected chi connectivity index (χ2v) is 5.19. The molecule has 0 aromatic carbocycles. The van der Waals surface area contributed by atoms with Crippen molar-refractivity contribution >= 4 is 22.4 Å². The molecule has 1 amide bonds. The molecule has 0 aliphatic carbocycles. The fraction of sp³-hybridized carbons (Fsp3) is 0.455. The molecule has 0 unspecified atom stereocenters. The van der Waals surface area contributed by atoms with Crippen LogP contribution in [-0.2, 0) is 4.74 Å². The SMILES string of the molecule is CN(C(=O)OC(C)(C)C)c1sccc1C#N. The molecule has 0 aliphatic rings. The standard InChI is InChI=1S/C11H14N2O2S/c1-11(2,3)15-10(14)13(4)9-8(7-12)5-6-16-9/h5-6H,1-4H3. The molecular formula is C11H14N2O2S. The van der Waals surface area contributed by atoms with Gasteiger partial charge in [0.1, 0.15) is 16.7 Å². The minimum absolute atomic E-state index is 0.452. The smallest absolute Gasteiger partial charge is 0.415 e. The summed E-state index contributed by atoms with van der Waals surface area (Å²) in [4.78, 5) is 13.1. The van der Waals surface area contributed by atoms with E-state index in [9.17, 15) is 4.79 Å². The zero-order valence-electron chi connectivity index (χ0n) is 9.77. The van der Waals surface area contributed by atoms with E-state index in [1.165, 1.54) is 16.2 Å². The van der Waals surface area contributed by atoms with Gasteiger partial charge in [0.2, 0.25) is 0 Å². The Hall–Kier alpha value is -1.54. The normalized spacial score (nSPS) is 10.7. The lowest BCUT2D eigenvalue weighted by atomic mass is 10.2. The highest BCUT2D eigenvalue weighted by atomic mass is 32.1. The van der Waals surface area contributed by atoms with E-state index in [1.54, 1.807) is 39.3 Å². The summed E-state index contributed by atoms with van der Waals surface area (Å²) in [6.07, 6.45) is -0.452. The van der Waals surface area contributed by atoms with Gasteiger partial charge in [-0.2, -0.15) is 5.26 Å². The van der Waals surface area contributed by atoms with Crippen molar-refractivity contribution in [2.45, 2.75) is 26.4 Å². The first-order valence-corrected chi connectivity index (χ1v) is 5.67. The Morgan fingerprint density at radius 3 is 2.69 bits per heavy atom. The number of carbonyl (C=O) groups excluding carboxylic acids is 1. The van der Waals surface area contributed by atoms with Gasteiger partial charge in [-0.1, -0.05) is 0 Å². The highest BCUT2D eigenvalue weighted by molar-refractivity contribution is 7.14. The van der Waals surface area contributed by atoms with Crippen LogP contribution in [0.4, 0.5) is 9.80 Å². The molecule has 0 atom stereocenters. The van der Waals surface area contributed by atoms with Crippen LogP contribution in [0, 0.1) is 11.3 Å². The Morgan fingerprint density at radius 2 is 2.19 bits per heavy atom. The first-order chi connectivity index (χ1) is 7.35. The van der Waals surface area contributed by atoms with E-state index < -0.39 is 11.7 Å². The van der Waals surface area contributed by atoms with Crippen LogP contribution in [0.25, 0.3) is 0 Å². The molecule has 0 radical (unpaired) electrons. The molecule has 5 heteroatoms. The number of anilines is 1. The molecule has 1 aromatic rings. The first kappa shape index (κ1) is 12.5. The maximum absolute atomic E-state index is 11.7. The van der Waals surface area contributed by atoms with Crippen molar-refractivity contribution in [3.8, 4) is 6.07 Å². The van der Waals surface area contributed by atoms with E-state index >= 15 is 0 Å². The highest BCUT2D eigenvalue weighted by Crippen LogP contribution is 2.27. The molecule has 0 spiro atoms. The molecular weight excluding hydrogens is 224 g/mol. The largest absolute Gasteiger partial charge is 0.443 e. The lowest BCUT2D eigenvalue weighted by molar-refractivity contribution is 0.0590. The van der Waals surface area contributed by atoms with Gasteiger partial charge in [-0.3, -0.25) is 4.90 Å². The number of nitrogens with zero attached hydrogens (tertiary/aromatic N) is 2. The summed E-state index contributed by atoms with van der Waals surface area (Å²) in [7, 11) is 1.60. The van der Waals surface area contributed by atoms with Gasteiger partial charge in [0.05, 0.1) is 5.56 Å². The Kier molecular flexibility index (Phi) is 3.55. The molecule has 0 N–H and O–H groups in total. The monoisotopic (exact) mass is 238 g/mol. The van der Waals surface area contributed by atoms with Crippen LogP contribution in [0.5, 0.6) is 0 Å². The zero-order chi connectivity index (χ0) is 12.3. The van der Waals surface area contributed by atoms with E-state index in [1.807, 2.05) is 6.07 Å². The van der Waals surface area contributed by atoms with Gasteiger partial charge in [-0.05, 0) is 32.2 Å². The van der Waals surface area contributed by atoms with Crippen LogP contribution in [0.15, 0.2) is 11.4 Å². The molecule has 1 aromatic heterocycles. The minimum atomic E-state index is -0.532. The molecule has 1 heterocycles. The molecule has 0 saturated carbocycles. The predicted octanol–water partition coefficient (Wildman–Crippen LogP) is 2.99. The van der Waals surface area contributed by atoms with Crippen molar-refractivity contribution in [3.05, 3.63) is 17.0 Å². The average molecular weight is 238 g/mol. The molecule has 4 nitrogen and oxygen atoms in total. The first-order valence-electron chi connectivity index (χ1n) is 4.79.